The summed E-state index contributed by atoms with van der Waals surface area (Å²) in [6.07, 6.45) is 7.03. The minimum atomic E-state index is -1.81. The summed E-state index contributed by atoms with van der Waals surface area (Å²) < 4.78 is 17.8. The number of hydrogen-bond acceptors (Lipinski definition) is 5. The summed E-state index contributed by atoms with van der Waals surface area (Å²) >= 11 is 0. The van der Waals surface area contributed by atoms with Crippen LogP contribution in [-0.2, 0) is 22.4 Å². The molecule has 1 aromatic carbocycles. The van der Waals surface area contributed by atoms with Gasteiger partial charge in [0.05, 0.1) is 24.2 Å². The van der Waals surface area contributed by atoms with E-state index in [-0.39, 0.29) is 11.3 Å². The summed E-state index contributed by atoms with van der Waals surface area (Å²) in [5, 5.41) is 11.0. The van der Waals surface area contributed by atoms with Gasteiger partial charge in [0.1, 0.15) is 5.75 Å². The standard InChI is InChI=1S/C24H39N3O3Si/c1-24(2,3)31(4,5)30-20-13-11-19(12-14-20)17-25-22-18-26-27-21(22)9-8-16-29-23-10-6-7-15-28-23/h11-14,18,23,25H,6-10,15-17H2,1-5H3,(H,26,27). The zero-order valence-corrected chi connectivity index (χ0v) is 20.8. The second-order valence-electron chi connectivity index (χ2n) is 9.89. The molecule has 1 saturated heterocycles. The van der Waals surface area contributed by atoms with Gasteiger partial charge in [-0.15, -0.1) is 0 Å². The lowest BCUT2D eigenvalue weighted by Crippen LogP contribution is -2.43. The monoisotopic (exact) mass is 445 g/mol. The van der Waals surface area contributed by atoms with Crippen molar-refractivity contribution in [2.24, 2.45) is 0 Å². The van der Waals surface area contributed by atoms with Crippen LogP contribution in [0.1, 0.15) is 57.7 Å². The van der Waals surface area contributed by atoms with Gasteiger partial charge in [0, 0.05) is 13.2 Å². The Bertz CT molecular complexity index is 793. The molecule has 1 atom stereocenters. The average Bonchev–Trinajstić information content (AvgIpc) is 3.18. The van der Waals surface area contributed by atoms with Crippen LogP contribution in [0.25, 0.3) is 0 Å². The maximum absolute atomic E-state index is 6.37. The lowest BCUT2D eigenvalue weighted by molar-refractivity contribution is -0.162. The Morgan fingerprint density at radius 3 is 2.65 bits per heavy atom. The van der Waals surface area contributed by atoms with Gasteiger partial charge < -0.3 is 19.2 Å². The molecule has 0 bridgehead atoms. The molecule has 1 aromatic heterocycles. The Hall–Kier alpha value is -1.83. The molecule has 1 aliphatic heterocycles. The summed E-state index contributed by atoms with van der Waals surface area (Å²) in [7, 11) is -1.81. The number of rotatable bonds is 10. The number of hydrogen-bond donors (Lipinski definition) is 2. The summed E-state index contributed by atoms with van der Waals surface area (Å²) in [5.74, 6) is 0.960. The maximum Gasteiger partial charge on any atom is 0.250 e. The molecule has 6 nitrogen and oxygen atoms in total. The topological polar surface area (TPSA) is 68.4 Å². The predicted molar refractivity (Wildman–Crippen MR) is 128 cm³/mol. The minimum Gasteiger partial charge on any atom is -0.544 e. The summed E-state index contributed by atoms with van der Waals surface area (Å²) in [6.45, 7) is 13.6. The number of aryl methyl sites for hydroxylation is 1. The van der Waals surface area contributed by atoms with Crippen LogP contribution in [0.4, 0.5) is 5.69 Å². The molecule has 7 heteroatoms. The Balaban J connectivity index is 1.43. The number of aromatic amines is 1. The van der Waals surface area contributed by atoms with Crippen LogP contribution < -0.4 is 9.74 Å². The highest BCUT2D eigenvalue weighted by molar-refractivity contribution is 6.74. The van der Waals surface area contributed by atoms with E-state index in [0.717, 1.165) is 56.0 Å². The van der Waals surface area contributed by atoms with Gasteiger partial charge in [-0.25, -0.2) is 0 Å². The molecular weight excluding hydrogens is 406 g/mol. The first-order valence-electron chi connectivity index (χ1n) is 11.5. The van der Waals surface area contributed by atoms with Crippen molar-refractivity contribution in [3.05, 3.63) is 41.7 Å². The number of benzene rings is 1. The second kappa shape index (κ2) is 10.7. The Morgan fingerprint density at radius 1 is 1.19 bits per heavy atom. The molecule has 2 heterocycles. The van der Waals surface area contributed by atoms with E-state index in [1.807, 2.05) is 6.20 Å². The van der Waals surface area contributed by atoms with E-state index < -0.39 is 8.32 Å². The third-order valence-electron chi connectivity index (χ3n) is 6.32. The van der Waals surface area contributed by atoms with Crippen LogP contribution in [-0.4, -0.2) is 38.0 Å². The SMILES string of the molecule is CC(C)(C)[Si](C)(C)Oc1ccc(CNc2cn[nH]c2CCCOC2CCCCO2)cc1. The molecule has 2 N–H and O–H groups in total. The molecule has 0 spiro atoms. The number of aromatic nitrogens is 2. The molecule has 2 aromatic rings. The first-order valence-corrected chi connectivity index (χ1v) is 14.4. The number of ether oxygens (including phenoxy) is 2. The van der Waals surface area contributed by atoms with E-state index in [1.54, 1.807) is 0 Å². The molecule has 1 aliphatic rings. The highest BCUT2D eigenvalue weighted by Gasteiger charge is 2.38. The van der Waals surface area contributed by atoms with Gasteiger partial charge in [0.15, 0.2) is 6.29 Å². The normalized spacial score (nSPS) is 17.5. The first-order chi connectivity index (χ1) is 14.7. The summed E-state index contributed by atoms with van der Waals surface area (Å²) in [5.41, 5.74) is 3.38. The van der Waals surface area contributed by atoms with Crippen molar-refractivity contribution >= 4 is 14.0 Å². The molecule has 0 radical (unpaired) electrons. The highest BCUT2D eigenvalue weighted by Crippen LogP contribution is 2.37. The van der Waals surface area contributed by atoms with Gasteiger partial charge in [0.2, 0.25) is 8.32 Å². The molecule has 31 heavy (non-hydrogen) atoms. The maximum atomic E-state index is 6.37. The van der Waals surface area contributed by atoms with Crippen molar-refractivity contribution in [2.75, 3.05) is 18.5 Å². The van der Waals surface area contributed by atoms with Crippen LogP contribution in [0, 0.1) is 0 Å². The molecule has 3 rings (SSSR count). The second-order valence-corrected chi connectivity index (χ2v) is 14.6. The van der Waals surface area contributed by atoms with Gasteiger partial charge in [-0.2, -0.15) is 5.10 Å². The predicted octanol–water partition coefficient (Wildman–Crippen LogP) is 5.88. The zero-order chi connectivity index (χ0) is 22.3. The van der Waals surface area contributed by atoms with Gasteiger partial charge in [-0.05, 0) is 67.9 Å². The lowest BCUT2D eigenvalue weighted by Gasteiger charge is -2.36. The molecule has 0 amide bonds. The fourth-order valence-electron chi connectivity index (χ4n) is 3.28. The van der Waals surface area contributed by atoms with Crippen molar-refractivity contribution < 1.29 is 13.9 Å². The van der Waals surface area contributed by atoms with Crippen LogP contribution in [0.2, 0.25) is 18.1 Å². The van der Waals surface area contributed by atoms with Crippen molar-refractivity contribution in [2.45, 2.75) is 83.8 Å². The van der Waals surface area contributed by atoms with Crippen molar-refractivity contribution in [1.29, 1.82) is 0 Å². The fourth-order valence-corrected chi connectivity index (χ4v) is 4.31. The zero-order valence-electron chi connectivity index (χ0n) is 19.8. The van der Waals surface area contributed by atoms with Crippen molar-refractivity contribution in [3.8, 4) is 5.75 Å². The van der Waals surface area contributed by atoms with E-state index in [2.05, 4.69) is 73.6 Å². The van der Waals surface area contributed by atoms with E-state index >= 15 is 0 Å². The Morgan fingerprint density at radius 2 is 1.97 bits per heavy atom. The number of nitrogens with one attached hydrogen (secondary N) is 2. The molecular formula is C24H39N3O3Si. The van der Waals surface area contributed by atoms with E-state index in [4.69, 9.17) is 13.9 Å². The van der Waals surface area contributed by atoms with Crippen LogP contribution in [0.5, 0.6) is 5.75 Å². The molecule has 0 saturated carbocycles. The largest absolute Gasteiger partial charge is 0.544 e. The van der Waals surface area contributed by atoms with Crippen molar-refractivity contribution in [1.82, 2.24) is 10.2 Å². The van der Waals surface area contributed by atoms with Gasteiger partial charge >= 0.3 is 0 Å². The molecule has 172 valence electrons. The Kier molecular flexibility index (Phi) is 8.19. The molecule has 1 unspecified atom stereocenters. The lowest BCUT2D eigenvalue weighted by atomic mass is 10.2. The third kappa shape index (κ3) is 7.09. The van der Waals surface area contributed by atoms with Crippen molar-refractivity contribution in [3.63, 3.8) is 0 Å². The van der Waals surface area contributed by atoms with E-state index in [9.17, 15) is 0 Å². The summed E-state index contributed by atoms with van der Waals surface area (Å²) in [4.78, 5) is 0. The number of anilines is 1. The van der Waals surface area contributed by atoms with Gasteiger partial charge in [-0.1, -0.05) is 32.9 Å². The van der Waals surface area contributed by atoms with E-state index in [1.165, 1.54) is 12.0 Å². The molecule has 0 aliphatic carbocycles. The molecule has 1 fully saturated rings. The third-order valence-corrected chi connectivity index (χ3v) is 10.7. The summed E-state index contributed by atoms with van der Waals surface area (Å²) in [6, 6.07) is 8.43. The van der Waals surface area contributed by atoms with Gasteiger partial charge in [0.25, 0.3) is 0 Å². The Labute approximate surface area is 188 Å². The van der Waals surface area contributed by atoms with Crippen LogP contribution >= 0.6 is 0 Å². The van der Waals surface area contributed by atoms with E-state index in [0.29, 0.717) is 6.61 Å². The fraction of sp³-hybridized carbons (Fsp3) is 0.625. The smallest absolute Gasteiger partial charge is 0.250 e. The minimum absolute atomic E-state index is 0.0169. The quantitative estimate of drug-likeness (QED) is 0.353. The highest BCUT2D eigenvalue weighted by atomic mass is 28.4. The van der Waals surface area contributed by atoms with Crippen LogP contribution in [0.3, 0.4) is 0 Å². The van der Waals surface area contributed by atoms with Gasteiger partial charge in [-0.3, -0.25) is 5.10 Å². The number of H-pyrrole nitrogens is 1. The van der Waals surface area contributed by atoms with Crippen LogP contribution in [0.15, 0.2) is 30.5 Å². The number of nitrogens with zero attached hydrogens (tertiary/aromatic N) is 1. The first kappa shape index (κ1) is 23.8. The average molecular weight is 446 g/mol.